The van der Waals surface area contributed by atoms with Crippen molar-refractivity contribution in [1.29, 1.82) is 0 Å². The molecule has 6 nitrogen and oxygen atoms in total. The summed E-state index contributed by atoms with van der Waals surface area (Å²) in [7, 11) is 7.89. The Morgan fingerprint density at radius 3 is 1.42 bits per heavy atom. The van der Waals surface area contributed by atoms with Crippen molar-refractivity contribution in [2.75, 3.05) is 68.6 Å². The largest absolute Gasteiger partial charge is 0.407 e. The van der Waals surface area contributed by atoms with E-state index in [0.717, 1.165) is 25.9 Å². The minimum Gasteiger partial charge on any atom is -0.309 e. The van der Waals surface area contributed by atoms with Crippen LogP contribution in [0, 0.1) is 0 Å². The molecule has 0 heterocycles. The van der Waals surface area contributed by atoms with Crippen LogP contribution in [0.15, 0.2) is 0 Å². The molecule has 0 aliphatic carbocycles. The molecule has 0 saturated carbocycles. The zero-order valence-corrected chi connectivity index (χ0v) is 14.2. The predicted molar refractivity (Wildman–Crippen MR) is 79.5 cm³/mol. The fraction of sp³-hybridized carbons (Fsp3) is 1.00. The summed E-state index contributed by atoms with van der Waals surface area (Å²) in [5.41, 5.74) is 0. The molecule has 0 amide bonds. The van der Waals surface area contributed by atoms with E-state index in [1.165, 1.54) is 14.2 Å². The van der Waals surface area contributed by atoms with Crippen LogP contribution in [-0.2, 0) is 13.6 Å². The summed E-state index contributed by atoms with van der Waals surface area (Å²) in [6.45, 7) is 3.34. The molecule has 0 aromatic heterocycles. The average Bonchev–Trinajstić information content (AvgIpc) is 2.35. The van der Waals surface area contributed by atoms with Gasteiger partial charge in [0.05, 0.1) is 0 Å². The molecule has 0 atom stereocenters. The van der Waals surface area contributed by atoms with Gasteiger partial charge in [0.15, 0.2) is 0 Å². The molecule has 0 aromatic rings. The summed E-state index contributed by atoms with van der Waals surface area (Å²) >= 11 is 0. The molecule has 0 rings (SSSR count). The third-order valence-electron chi connectivity index (χ3n) is 2.85. The Labute approximate surface area is 118 Å². The first kappa shape index (κ1) is 19.0. The highest BCUT2D eigenvalue weighted by Gasteiger charge is 2.30. The Morgan fingerprint density at radius 1 is 0.789 bits per heavy atom. The molecule has 0 unspecified atom stereocenters. The van der Waals surface area contributed by atoms with Gasteiger partial charge in [0, 0.05) is 27.3 Å². The van der Waals surface area contributed by atoms with Gasteiger partial charge in [0.2, 0.25) is 0 Å². The van der Waals surface area contributed by atoms with Crippen molar-refractivity contribution < 1.29 is 13.6 Å². The van der Waals surface area contributed by atoms with E-state index in [2.05, 4.69) is 9.80 Å². The van der Waals surface area contributed by atoms with Crippen molar-refractivity contribution in [2.24, 2.45) is 0 Å². The second-order valence-corrected chi connectivity index (χ2v) is 7.33. The summed E-state index contributed by atoms with van der Waals surface area (Å²) in [5.74, 6) is 0. The van der Waals surface area contributed by atoms with Gasteiger partial charge in [-0.25, -0.2) is 9.24 Å². The van der Waals surface area contributed by atoms with Gasteiger partial charge in [0.1, 0.15) is 0 Å². The lowest BCUT2D eigenvalue weighted by molar-refractivity contribution is 0.199. The first-order valence-electron chi connectivity index (χ1n) is 6.62. The van der Waals surface area contributed by atoms with Crippen molar-refractivity contribution in [2.45, 2.75) is 12.8 Å². The summed E-state index contributed by atoms with van der Waals surface area (Å²) in [6.07, 6.45) is 1.87. The zero-order valence-electron chi connectivity index (χ0n) is 13.3. The van der Waals surface area contributed by atoms with Crippen LogP contribution in [0.3, 0.4) is 0 Å². The Bertz CT molecular complexity index is 253. The van der Waals surface area contributed by atoms with E-state index in [0.29, 0.717) is 13.1 Å². The molecule has 0 aliphatic heterocycles. The maximum atomic E-state index is 12.5. The third-order valence-corrected chi connectivity index (χ3v) is 4.87. The van der Waals surface area contributed by atoms with E-state index in [1.54, 1.807) is 0 Å². The standard InChI is InChI=1S/C12H30N3O3P/c1-13(2)9-7-11-15(12-8-10-14(3)4)19(16,17-5)18-6/h7-12H2,1-6H3. The summed E-state index contributed by atoms with van der Waals surface area (Å²) in [4.78, 5) is 4.23. The molecule has 0 radical (unpaired) electrons. The highest BCUT2D eigenvalue weighted by Crippen LogP contribution is 2.50. The Balaban J connectivity index is 4.41. The molecule has 0 bridgehead atoms. The smallest absolute Gasteiger partial charge is 0.309 e. The van der Waals surface area contributed by atoms with Crippen LogP contribution < -0.4 is 0 Å². The lowest BCUT2D eigenvalue weighted by Gasteiger charge is -2.28. The summed E-state index contributed by atoms with van der Waals surface area (Å²) in [5, 5.41) is 0. The highest BCUT2D eigenvalue weighted by atomic mass is 31.2. The van der Waals surface area contributed by atoms with Gasteiger partial charge in [-0.1, -0.05) is 0 Å². The van der Waals surface area contributed by atoms with E-state index in [9.17, 15) is 4.57 Å². The van der Waals surface area contributed by atoms with Gasteiger partial charge in [-0.15, -0.1) is 0 Å². The number of nitrogens with zero attached hydrogens (tertiary/aromatic N) is 3. The van der Waals surface area contributed by atoms with Crippen LogP contribution in [0.4, 0.5) is 0 Å². The third kappa shape index (κ3) is 8.02. The molecule has 0 fully saturated rings. The van der Waals surface area contributed by atoms with Crippen molar-refractivity contribution in [3.8, 4) is 0 Å². The highest BCUT2D eigenvalue weighted by molar-refractivity contribution is 7.51. The molecule has 0 aromatic carbocycles. The molecular weight excluding hydrogens is 265 g/mol. The van der Waals surface area contributed by atoms with E-state index < -0.39 is 7.75 Å². The lowest BCUT2D eigenvalue weighted by Crippen LogP contribution is -2.29. The van der Waals surface area contributed by atoms with Gasteiger partial charge in [-0.2, -0.15) is 0 Å². The molecule has 19 heavy (non-hydrogen) atoms. The van der Waals surface area contributed by atoms with Crippen molar-refractivity contribution >= 4 is 7.75 Å². The fourth-order valence-corrected chi connectivity index (χ4v) is 3.18. The summed E-state index contributed by atoms with van der Waals surface area (Å²) < 4.78 is 24.5. The van der Waals surface area contributed by atoms with Gasteiger partial charge in [0.25, 0.3) is 0 Å². The molecule has 0 aliphatic rings. The van der Waals surface area contributed by atoms with Crippen LogP contribution >= 0.6 is 7.75 Å². The maximum absolute atomic E-state index is 12.5. The van der Waals surface area contributed by atoms with E-state index in [-0.39, 0.29) is 0 Å². The molecule has 116 valence electrons. The molecule has 7 heteroatoms. The van der Waals surface area contributed by atoms with Gasteiger partial charge in [-0.05, 0) is 54.1 Å². The average molecular weight is 295 g/mol. The van der Waals surface area contributed by atoms with Crippen molar-refractivity contribution in [1.82, 2.24) is 14.5 Å². The van der Waals surface area contributed by atoms with Crippen molar-refractivity contribution in [3.05, 3.63) is 0 Å². The van der Waals surface area contributed by atoms with Crippen molar-refractivity contribution in [3.63, 3.8) is 0 Å². The second-order valence-electron chi connectivity index (χ2n) is 5.10. The van der Waals surface area contributed by atoms with Crippen LogP contribution in [-0.4, -0.2) is 83.1 Å². The second kappa shape index (κ2) is 9.86. The van der Waals surface area contributed by atoms with Crippen LogP contribution in [0.1, 0.15) is 12.8 Å². The summed E-state index contributed by atoms with van der Waals surface area (Å²) in [6, 6.07) is 0. The predicted octanol–water partition coefficient (Wildman–Crippen LogP) is 1.59. The topological polar surface area (TPSA) is 45.3 Å². The maximum Gasteiger partial charge on any atom is 0.407 e. The first-order valence-corrected chi connectivity index (χ1v) is 8.11. The molecule has 0 spiro atoms. The van der Waals surface area contributed by atoms with E-state index in [1.807, 2.05) is 32.9 Å². The minimum absolute atomic E-state index is 0.713. The van der Waals surface area contributed by atoms with Gasteiger partial charge < -0.3 is 9.80 Å². The van der Waals surface area contributed by atoms with Crippen LogP contribution in [0.25, 0.3) is 0 Å². The molecular formula is C12H30N3O3P. The molecule has 0 N–H and O–H groups in total. The quantitative estimate of drug-likeness (QED) is 0.539. The first-order chi connectivity index (χ1) is 8.85. The Kier molecular flexibility index (Phi) is 9.87. The number of hydrogen-bond donors (Lipinski definition) is 0. The molecule has 0 saturated heterocycles. The van der Waals surface area contributed by atoms with Gasteiger partial charge >= 0.3 is 7.75 Å². The van der Waals surface area contributed by atoms with E-state index in [4.69, 9.17) is 9.05 Å². The Hall–Kier alpha value is 0.0300. The monoisotopic (exact) mass is 295 g/mol. The normalized spacial score (nSPS) is 12.9. The zero-order chi connectivity index (χ0) is 14.9. The Morgan fingerprint density at radius 2 is 1.16 bits per heavy atom. The van der Waals surface area contributed by atoms with Gasteiger partial charge in [-0.3, -0.25) is 9.05 Å². The number of hydrogen-bond acceptors (Lipinski definition) is 5. The lowest BCUT2D eigenvalue weighted by atomic mass is 10.3. The number of rotatable bonds is 11. The van der Waals surface area contributed by atoms with Crippen LogP contribution in [0.2, 0.25) is 0 Å². The fourth-order valence-electron chi connectivity index (χ4n) is 1.80. The van der Waals surface area contributed by atoms with E-state index >= 15 is 0 Å². The minimum atomic E-state index is -3.11. The SMILES string of the molecule is COP(=O)(OC)N(CCCN(C)C)CCCN(C)C. The van der Waals surface area contributed by atoms with Crippen LogP contribution in [0.5, 0.6) is 0 Å².